The fourth-order valence-corrected chi connectivity index (χ4v) is 3.20. The molecular weight excluding hydrogens is 228 g/mol. The average Bonchev–Trinajstić information content (AvgIpc) is 2.15. The topological polar surface area (TPSA) is 78.4 Å². The van der Waals surface area contributed by atoms with Crippen LogP contribution in [0.4, 0.5) is 0 Å². The van der Waals surface area contributed by atoms with E-state index in [1.807, 2.05) is 0 Å². The predicted molar refractivity (Wildman–Crippen MR) is 63.2 cm³/mol. The molecule has 0 aromatic heterocycles. The van der Waals surface area contributed by atoms with Crippen LogP contribution in [0, 0.1) is 5.92 Å². The Balaban J connectivity index is 2.47. The molecule has 0 heterocycles. The van der Waals surface area contributed by atoms with Gasteiger partial charge in [-0.25, -0.2) is 4.72 Å². The Morgan fingerprint density at radius 1 is 1.44 bits per heavy atom. The lowest BCUT2D eigenvalue weighted by atomic mass is 9.79. The minimum atomic E-state index is -3.45. The van der Waals surface area contributed by atoms with Crippen molar-refractivity contribution in [3.05, 3.63) is 0 Å². The molecule has 3 N–H and O–H groups in total. The van der Waals surface area contributed by atoms with E-state index in [0.717, 1.165) is 12.8 Å². The van der Waals surface area contributed by atoms with Crippen LogP contribution in [-0.2, 0) is 10.2 Å². The highest BCUT2D eigenvalue weighted by atomic mass is 32.2. The van der Waals surface area contributed by atoms with Gasteiger partial charge in [0.25, 0.3) is 10.2 Å². The first-order valence-corrected chi connectivity index (χ1v) is 7.32. The summed E-state index contributed by atoms with van der Waals surface area (Å²) < 4.78 is 27.5. The molecule has 1 aliphatic carbocycles. The molecule has 0 aliphatic heterocycles. The highest BCUT2D eigenvalue weighted by Gasteiger charge is 2.33. The zero-order valence-corrected chi connectivity index (χ0v) is 10.8. The molecule has 2 unspecified atom stereocenters. The Hall–Kier alpha value is -0.170. The Labute approximate surface area is 97.8 Å². The van der Waals surface area contributed by atoms with Crippen molar-refractivity contribution in [2.45, 2.75) is 45.1 Å². The first-order chi connectivity index (χ1) is 7.37. The van der Waals surface area contributed by atoms with Gasteiger partial charge in [0, 0.05) is 13.1 Å². The molecule has 16 heavy (non-hydrogen) atoms. The third-order valence-electron chi connectivity index (χ3n) is 2.99. The van der Waals surface area contributed by atoms with E-state index in [0.29, 0.717) is 25.3 Å². The summed E-state index contributed by atoms with van der Waals surface area (Å²) in [7, 11) is -3.45. The number of rotatable bonds is 5. The van der Waals surface area contributed by atoms with E-state index in [2.05, 4.69) is 16.4 Å². The lowest BCUT2D eigenvalue weighted by Crippen LogP contribution is -2.48. The molecule has 0 spiro atoms. The molecule has 96 valence electrons. The maximum absolute atomic E-state index is 11.4. The second-order valence-electron chi connectivity index (χ2n) is 4.75. The van der Waals surface area contributed by atoms with Crippen molar-refractivity contribution >= 4 is 10.2 Å². The second-order valence-corrected chi connectivity index (χ2v) is 6.33. The second kappa shape index (κ2) is 5.44. The van der Waals surface area contributed by atoms with Crippen LogP contribution in [0.3, 0.4) is 0 Å². The summed E-state index contributed by atoms with van der Waals surface area (Å²) >= 11 is 0. The molecule has 0 aromatic rings. The molecule has 0 bridgehead atoms. The zero-order valence-electron chi connectivity index (χ0n) is 9.99. The lowest BCUT2D eigenvalue weighted by Gasteiger charge is -2.35. The summed E-state index contributed by atoms with van der Waals surface area (Å²) in [5.41, 5.74) is -0.875. The van der Waals surface area contributed by atoms with E-state index >= 15 is 0 Å². The summed E-state index contributed by atoms with van der Waals surface area (Å²) in [5, 5.41) is 10.2. The summed E-state index contributed by atoms with van der Waals surface area (Å²) in [4.78, 5) is 0. The van der Waals surface area contributed by atoms with Crippen LogP contribution in [0.15, 0.2) is 0 Å². The van der Waals surface area contributed by atoms with Gasteiger partial charge in [-0.2, -0.15) is 13.1 Å². The standard InChI is InChI=1S/C10H22N2O3S/c1-3-11-16(14,15)12-8-10(13)6-4-5-9(2)7-10/h9,11-13H,3-8H2,1-2H3. The zero-order chi connectivity index (χ0) is 12.2. The van der Waals surface area contributed by atoms with E-state index < -0.39 is 15.8 Å². The monoisotopic (exact) mass is 250 g/mol. The van der Waals surface area contributed by atoms with Crippen molar-refractivity contribution in [1.29, 1.82) is 0 Å². The van der Waals surface area contributed by atoms with Crippen molar-refractivity contribution < 1.29 is 13.5 Å². The van der Waals surface area contributed by atoms with Gasteiger partial charge in [-0.1, -0.05) is 26.7 Å². The Kier molecular flexibility index (Phi) is 4.73. The summed E-state index contributed by atoms with van der Waals surface area (Å²) in [5.74, 6) is 0.461. The normalized spacial score (nSPS) is 31.6. The highest BCUT2D eigenvalue weighted by molar-refractivity contribution is 7.87. The van der Waals surface area contributed by atoms with E-state index in [1.54, 1.807) is 6.92 Å². The molecular formula is C10H22N2O3S. The van der Waals surface area contributed by atoms with Crippen molar-refractivity contribution in [3.63, 3.8) is 0 Å². The van der Waals surface area contributed by atoms with E-state index in [1.165, 1.54) is 0 Å². The van der Waals surface area contributed by atoms with Crippen LogP contribution in [0.25, 0.3) is 0 Å². The number of nitrogens with one attached hydrogen (secondary N) is 2. The van der Waals surface area contributed by atoms with Crippen LogP contribution >= 0.6 is 0 Å². The molecule has 1 saturated carbocycles. The molecule has 6 heteroatoms. The third kappa shape index (κ3) is 4.37. The van der Waals surface area contributed by atoms with Gasteiger partial charge < -0.3 is 5.11 Å². The summed E-state index contributed by atoms with van der Waals surface area (Å²) in [6.07, 6.45) is 3.41. The van der Waals surface area contributed by atoms with Gasteiger partial charge in [0.05, 0.1) is 5.60 Å². The van der Waals surface area contributed by atoms with E-state index in [9.17, 15) is 13.5 Å². The molecule has 0 saturated heterocycles. The van der Waals surface area contributed by atoms with Crippen molar-refractivity contribution in [2.24, 2.45) is 5.92 Å². The smallest absolute Gasteiger partial charge is 0.276 e. The molecule has 0 amide bonds. The van der Waals surface area contributed by atoms with Gasteiger partial charge in [-0.3, -0.25) is 0 Å². The van der Waals surface area contributed by atoms with E-state index in [4.69, 9.17) is 0 Å². The van der Waals surface area contributed by atoms with Crippen LogP contribution in [0.5, 0.6) is 0 Å². The Bertz CT molecular complexity index is 318. The fourth-order valence-electron chi connectivity index (χ4n) is 2.26. The lowest BCUT2D eigenvalue weighted by molar-refractivity contribution is -0.00757. The van der Waals surface area contributed by atoms with Gasteiger partial charge in [-0.15, -0.1) is 0 Å². The van der Waals surface area contributed by atoms with E-state index in [-0.39, 0.29) is 6.54 Å². The first-order valence-electron chi connectivity index (χ1n) is 5.83. The predicted octanol–water partition coefficient (Wildman–Crippen LogP) is 0.371. The van der Waals surface area contributed by atoms with Gasteiger partial charge in [0.1, 0.15) is 0 Å². The van der Waals surface area contributed by atoms with Crippen molar-refractivity contribution in [1.82, 2.24) is 9.44 Å². The van der Waals surface area contributed by atoms with Crippen LogP contribution in [0.1, 0.15) is 39.5 Å². The molecule has 1 rings (SSSR count). The van der Waals surface area contributed by atoms with Crippen LogP contribution in [0.2, 0.25) is 0 Å². The SMILES string of the molecule is CCNS(=O)(=O)NCC1(O)CCCC(C)C1. The number of hydrogen-bond acceptors (Lipinski definition) is 3. The molecule has 1 fully saturated rings. The largest absolute Gasteiger partial charge is 0.389 e. The minimum Gasteiger partial charge on any atom is -0.389 e. The third-order valence-corrected chi connectivity index (χ3v) is 4.19. The Morgan fingerprint density at radius 3 is 2.69 bits per heavy atom. The molecule has 5 nitrogen and oxygen atoms in total. The van der Waals surface area contributed by atoms with Gasteiger partial charge >= 0.3 is 0 Å². The maximum Gasteiger partial charge on any atom is 0.276 e. The number of aliphatic hydroxyl groups is 1. The quantitative estimate of drug-likeness (QED) is 0.659. The number of hydrogen-bond donors (Lipinski definition) is 3. The van der Waals surface area contributed by atoms with Crippen LogP contribution < -0.4 is 9.44 Å². The first kappa shape index (κ1) is 13.9. The molecule has 1 aliphatic rings. The highest BCUT2D eigenvalue weighted by Crippen LogP contribution is 2.31. The average molecular weight is 250 g/mol. The van der Waals surface area contributed by atoms with Crippen molar-refractivity contribution in [2.75, 3.05) is 13.1 Å². The van der Waals surface area contributed by atoms with Crippen LogP contribution in [-0.4, -0.2) is 32.2 Å². The Morgan fingerprint density at radius 2 is 2.12 bits per heavy atom. The molecule has 2 atom stereocenters. The summed E-state index contributed by atoms with van der Waals surface area (Å²) in [6.45, 7) is 4.26. The van der Waals surface area contributed by atoms with Gasteiger partial charge in [-0.05, 0) is 18.8 Å². The summed E-state index contributed by atoms with van der Waals surface area (Å²) in [6, 6.07) is 0. The van der Waals surface area contributed by atoms with Gasteiger partial charge in [0.15, 0.2) is 0 Å². The maximum atomic E-state index is 11.4. The minimum absolute atomic E-state index is 0.104. The molecule has 0 radical (unpaired) electrons. The van der Waals surface area contributed by atoms with Crippen molar-refractivity contribution in [3.8, 4) is 0 Å². The molecule has 0 aromatic carbocycles. The van der Waals surface area contributed by atoms with Gasteiger partial charge in [0.2, 0.25) is 0 Å². The fraction of sp³-hybridized carbons (Fsp3) is 1.00.